The van der Waals surface area contributed by atoms with E-state index in [1.54, 1.807) is 4.90 Å². The van der Waals surface area contributed by atoms with E-state index < -0.39 is 41.1 Å². The molecule has 6 atom stereocenters. The van der Waals surface area contributed by atoms with Gasteiger partial charge in [0.25, 0.3) is 5.91 Å². The maximum Gasteiger partial charge on any atom is 0.287 e. The molecule has 1 saturated carbocycles. The van der Waals surface area contributed by atoms with Gasteiger partial charge in [-0.05, 0) is 53.8 Å². The van der Waals surface area contributed by atoms with Gasteiger partial charge < -0.3 is 26.2 Å². The number of aromatic hydroxyl groups is 2. The Hall–Kier alpha value is -3.37. The molecule has 0 bridgehead atoms. The van der Waals surface area contributed by atoms with Gasteiger partial charge in [0, 0.05) is 30.9 Å². The molecule has 2 aliphatic rings. The first-order chi connectivity index (χ1) is 20.1. The number of primary amides is 1. The summed E-state index contributed by atoms with van der Waals surface area (Å²) in [5, 5.41) is 23.2. The van der Waals surface area contributed by atoms with Crippen LogP contribution in [0.25, 0.3) is 0 Å². The molecule has 1 aromatic rings. The fourth-order valence-corrected chi connectivity index (χ4v) is 6.70. The number of hydrogen-bond donors (Lipinski definition) is 4. The molecule has 0 radical (unpaired) electrons. The highest BCUT2D eigenvalue weighted by Gasteiger charge is 2.69. The van der Waals surface area contributed by atoms with E-state index in [4.69, 9.17) is 10.7 Å². The molecule has 44 heavy (non-hydrogen) atoms. The number of nitrogens with two attached hydrogens (primary N) is 1. The zero-order chi connectivity index (χ0) is 33.5. The smallest absolute Gasteiger partial charge is 0.287 e. The summed E-state index contributed by atoms with van der Waals surface area (Å²) >= 11 is 0. The molecule has 1 aromatic heterocycles. The minimum atomic E-state index is -1.10. The number of carbonyl (C=O) groups excluding carboxylic acids is 4. The maximum atomic E-state index is 14.3. The molecule has 0 aromatic carbocycles. The van der Waals surface area contributed by atoms with Crippen molar-refractivity contribution in [3.8, 4) is 11.8 Å². The Bertz CT molecular complexity index is 1280. The fourth-order valence-electron chi connectivity index (χ4n) is 6.70. The van der Waals surface area contributed by atoms with Crippen LogP contribution in [-0.2, 0) is 25.7 Å². The second-order valence-corrected chi connectivity index (χ2v) is 15.5. The average Bonchev–Trinajstić information content (AvgIpc) is 3.19. The summed E-state index contributed by atoms with van der Waals surface area (Å²) in [6, 6.07) is 0.311. The summed E-state index contributed by atoms with van der Waals surface area (Å²) < 4.78 is 1.46. The number of carbonyl (C=O) groups is 4. The fraction of sp³-hybridized carbons (Fsp3) is 0.727. The maximum absolute atomic E-state index is 14.3. The quantitative estimate of drug-likeness (QED) is 0.207. The first-order valence-electron chi connectivity index (χ1n) is 15.7. The standard InChI is InChI=1S/C33H53N5O6/c1-11-12-21(26(41)28(34)42)36-29(43)25-24-20(33(24,9)10)17-38(25)30(44)27(32(6,7)8)35-18(2)15-19(31(3,4)5)16-37-22(39)13-14-23(37)40/h13-14,19-21,24-25,27,39-40H,11-12,15-17H2,1-10H3,(H2,34,42)(H,36,43)/t19-,20+,21?,24+,25+,27-/m1/s1. The molecule has 246 valence electrons. The molecule has 1 aliphatic carbocycles. The van der Waals surface area contributed by atoms with E-state index in [9.17, 15) is 29.4 Å². The lowest BCUT2D eigenvalue weighted by atomic mass is 9.77. The summed E-state index contributed by atoms with van der Waals surface area (Å²) in [5.41, 5.74) is 5.10. The van der Waals surface area contributed by atoms with Gasteiger partial charge in [-0.25, -0.2) is 0 Å². The van der Waals surface area contributed by atoms with Crippen LogP contribution in [0.5, 0.6) is 11.8 Å². The number of piperidine rings is 1. The van der Waals surface area contributed by atoms with E-state index in [0.29, 0.717) is 25.9 Å². The Morgan fingerprint density at radius 3 is 2.11 bits per heavy atom. The molecular formula is C33H53N5O6. The van der Waals surface area contributed by atoms with Crippen molar-refractivity contribution in [3.63, 3.8) is 0 Å². The molecule has 3 amide bonds. The number of hydrogen-bond acceptors (Lipinski definition) is 7. The van der Waals surface area contributed by atoms with E-state index >= 15 is 0 Å². The Kier molecular flexibility index (Phi) is 10.0. The van der Waals surface area contributed by atoms with Crippen LogP contribution in [-0.4, -0.2) is 73.6 Å². The lowest BCUT2D eigenvalue weighted by molar-refractivity contribution is -0.144. The van der Waals surface area contributed by atoms with Crippen LogP contribution in [0.2, 0.25) is 0 Å². The number of nitrogens with zero attached hydrogens (tertiary/aromatic N) is 3. The van der Waals surface area contributed by atoms with E-state index in [0.717, 1.165) is 5.71 Å². The van der Waals surface area contributed by atoms with Crippen LogP contribution in [0, 0.1) is 34.0 Å². The molecule has 0 spiro atoms. The van der Waals surface area contributed by atoms with E-state index in [2.05, 4.69) is 39.9 Å². The Morgan fingerprint density at radius 2 is 1.64 bits per heavy atom. The molecule has 2 heterocycles. The summed E-state index contributed by atoms with van der Waals surface area (Å²) in [6.45, 7) is 20.8. The zero-order valence-corrected chi connectivity index (χ0v) is 28.1. The van der Waals surface area contributed by atoms with Gasteiger partial charge in [0.05, 0.1) is 6.04 Å². The molecule has 2 fully saturated rings. The SMILES string of the molecule is CCCC(NC(=O)[C@@H]1[C@@H]2[C@H](CN1C(=O)[C@@H](N=C(C)C[C@H](Cn1c(O)ccc1O)C(C)(C)C)C(C)(C)C)C2(C)C)C(=O)C(N)=O. The lowest BCUT2D eigenvalue weighted by Gasteiger charge is -2.37. The van der Waals surface area contributed by atoms with Gasteiger partial charge in [-0.2, -0.15) is 0 Å². The minimum absolute atomic E-state index is 0.0207. The number of aromatic nitrogens is 1. The van der Waals surface area contributed by atoms with E-state index in [1.807, 2.05) is 34.6 Å². The predicted octanol–water partition coefficient (Wildman–Crippen LogP) is 3.65. The number of fused-ring (bicyclic) bond motifs is 1. The van der Waals surface area contributed by atoms with Crippen molar-refractivity contribution in [2.24, 2.45) is 44.7 Å². The highest BCUT2D eigenvalue weighted by Crippen LogP contribution is 2.65. The van der Waals surface area contributed by atoms with Gasteiger partial charge in [-0.3, -0.25) is 28.7 Å². The first kappa shape index (κ1) is 35.1. The van der Waals surface area contributed by atoms with Crippen LogP contribution in [0.3, 0.4) is 0 Å². The number of likely N-dealkylation sites (tertiary alicyclic amines) is 1. The third-order valence-corrected chi connectivity index (χ3v) is 9.72. The van der Waals surface area contributed by atoms with E-state index in [-0.39, 0.29) is 52.7 Å². The van der Waals surface area contributed by atoms with Crippen LogP contribution in [0.4, 0.5) is 0 Å². The van der Waals surface area contributed by atoms with Gasteiger partial charge in [-0.1, -0.05) is 68.7 Å². The van der Waals surface area contributed by atoms with Crippen molar-refractivity contribution in [1.29, 1.82) is 0 Å². The Labute approximate surface area is 261 Å². The predicted molar refractivity (Wildman–Crippen MR) is 169 cm³/mol. The third kappa shape index (κ3) is 7.29. The van der Waals surface area contributed by atoms with Crippen LogP contribution in [0.15, 0.2) is 17.1 Å². The van der Waals surface area contributed by atoms with E-state index in [1.165, 1.54) is 16.7 Å². The van der Waals surface area contributed by atoms with Gasteiger partial charge in [0.1, 0.15) is 12.1 Å². The number of aliphatic imine (C=N–C) groups is 1. The van der Waals surface area contributed by atoms with Crippen LogP contribution >= 0.6 is 0 Å². The minimum Gasteiger partial charge on any atom is -0.494 e. The van der Waals surface area contributed by atoms with Gasteiger partial charge in [0.15, 0.2) is 11.8 Å². The highest BCUT2D eigenvalue weighted by molar-refractivity contribution is 6.37. The van der Waals surface area contributed by atoms with Crippen molar-refractivity contribution >= 4 is 29.2 Å². The summed E-state index contributed by atoms with van der Waals surface area (Å²) in [5.74, 6) is -2.64. The normalized spacial score (nSPS) is 23.5. The van der Waals surface area contributed by atoms with Crippen molar-refractivity contribution in [3.05, 3.63) is 12.1 Å². The Morgan fingerprint density at radius 1 is 1.07 bits per heavy atom. The molecule has 11 heteroatoms. The van der Waals surface area contributed by atoms with Crippen LogP contribution < -0.4 is 11.1 Å². The largest absolute Gasteiger partial charge is 0.494 e. The number of nitrogens with one attached hydrogen (secondary N) is 1. The summed E-state index contributed by atoms with van der Waals surface area (Å²) in [6.07, 6.45) is 1.36. The second kappa shape index (κ2) is 12.6. The molecular weight excluding hydrogens is 562 g/mol. The molecule has 11 nitrogen and oxygen atoms in total. The average molecular weight is 616 g/mol. The third-order valence-electron chi connectivity index (χ3n) is 9.72. The summed E-state index contributed by atoms with van der Waals surface area (Å²) in [4.78, 5) is 58.8. The molecule has 1 saturated heterocycles. The molecule has 1 unspecified atom stereocenters. The number of rotatable bonds is 12. The summed E-state index contributed by atoms with van der Waals surface area (Å²) in [7, 11) is 0. The van der Waals surface area contributed by atoms with Gasteiger partial charge in [0.2, 0.25) is 17.6 Å². The number of amides is 3. The second-order valence-electron chi connectivity index (χ2n) is 15.5. The van der Waals surface area contributed by atoms with Crippen LogP contribution in [0.1, 0.15) is 88.5 Å². The number of Topliss-reactive ketones (excluding diaryl/α,β-unsaturated/α-hetero) is 1. The van der Waals surface area contributed by atoms with Crippen molar-refractivity contribution in [2.75, 3.05) is 6.54 Å². The van der Waals surface area contributed by atoms with Gasteiger partial charge in [-0.15, -0.1) is 0 Å². The lowest BCUT2D eigenvalue weighted by Crippen LogP contribution is -2.57. The first-order valence-corrected chi connectivity index (χ1v) is 15.7. The zero-order valence-electron chi connectivity index (χ0n) is 28.1. The number of ketones is 1. The van der Waals surface area contributed by atoms with Crippen molar-refractivity contribution in [2.45, 2.75) is 113 Å². The highest BCUT2D eigenvalue weighted by atomic mass is 16.3. The topological polar surface area (TPSA) is 167 Å². The molecule has 5 N–H and O–H groups in total. The van der Waals surface area contributed by atoms with Gasteiger partial charge >= 0.3 is 0 Å². The monoisotopic (exact) mass is 615 g/mol. The molecule has 3 rings (SSSR count). The Balaban J connectivity index is 1.90. The van der Waals surface area contributed by atoms with Crippen molar-refractivity contribution in [1.82, 2.24) is 14.8 Å². The van der Waals surface area contributed by atoms with Crippen molar-refractivity contribution < 1.29 is 29.4 Å². The molecule has 1 aliphatic heterocycles.